The minimum absolute atomic E-state index is 0.280. The van der Waals surface area contributed by atoms with Gasteiger partial charge in [-0.25, -0.2) is 4.79 Å². The maximum atomic E-state index is 11.2. The molecule has 0 aliphatic heterocycles. The van der Waals surface area contributed by atoms with E-state index in [9.17, 15) is 9.59 Å². The van der Waals surface area contributed by atoms with Crippen LogP contribution in [-0.4, -0.2) is 24.7 Å². The highest BCUT2D eigenvalue weighted by molar-refractivity contribution is 7.99. The molecule has 0 aliphatic rings. The van der Waals surface area contributed by atoms with Gasteiger partial charge in [-0.15, -0.1) is 11.8 Å². The number of nitrogens with two attached hydrogens (primary N) is 1. The summed E-state index contributed by atoms with van der Waals surface area (Å²) in [4.78, 5) is 21.8. The molecule has 1 aromatic carbocycles. The van der Waals surface area contributed by atoms with Gasteiger partial charge in [0.2, 0.25) is 5.91 Å². The normalized spacial score (nSPS) is 9.81. The number of rotatable bonds is 5. The molecule has 0 spiro atoms. The van der Waals surface area contributed by atoms with Gasteiger partial charge in [-0.2, -0.15) is 0 Å². The van der Waals surface area contributed by atoms with E-state index in [0.29, 0.717) is 11.3 Å². The lowest BCUT2D eigenvalue weighted by Crippen LogP contribution is -2.13. The molecule has 4 nitrogen and oxygen atoms in total. The largest absolute Gasteiger partial charge is 0.465 e. The Morgan fingerprint density at radius 3 is 2.81 bits per heavy atom. The summed E-state index contributed by atoms with van der Waals surface area (Å²) in [6, 6.07) is 7.11. The van der Waals surface area contributed by atoms with Gasteiger partial charge in [-0.1, -0.05) is 12.1 Å². The number of esters is 1. The Kier molecular flexibility index (Phi) is 4.85. The van der Waals surface area contributed by atoms with Crippen molar-refractivity contribution in [3.63, 3.8) is 0 Å². The number of carbonyl (C=O) groups excluding carboxylic acids is 2. The van der Waals surface area contributed by atoms with E-state index in [1.165, 1.54) is 18.9 Å². The summed E-state index contributed by atoms with van der Waals surface area (Å²) in [5, 5.41) is 0. The van der Waals surface area contributed by atoms with E-state index in [2.05, 4.69) is 4.74 Å². The van der Waals surface area contributed by atoms with E-state index in [4.69, 9.17) is 5.73 Å². The van der Waals surface area contributed by atoms with Crippen molar-refractivity contribution in [2.24, 2.45) is 5.73 Å². The van der Waals surface area contributed by atoms with Crippen LogP contribution < -0.4 is 5.73 Å². The smallest absolute Gasteiger partial charge is 0.337 e. The first kappa shape index (κ1) is 12.6. The molecular formula is C11H13NO3S. The molecule has 0 radical (unpaired) electrons. The lowest BCUT2D eigenvalue weighted by atomic mass is 10.1. The maximum Gasteiger partial charge on any atom is 0.337 e. The molecule has 1 aromatic rings. The van der Waals surface area contributed by atoms with Crippen LogP contribution in [0, 0.1) is 0 Å². The third kappa shape index (κ3) is 3.94. The number of thioether (sulfide) groups is 1. The number of ether oxygens (including phenoxy) is 1. The van der Waals surface area contributed by atoms with E-state index in [-0.39, 0.29) is 17.6 Å². The Balaban J connectivity index is 2.60. The van der Waals surface area contributed by atoms with Crippen LogP contribution in [0.3, 0.4) is 0 Å². The van der Waals surface area contributed by atoms with Gasteiger partial charge < -0.3 is 10.5 Å². The number of hydrogen-bond acceptors (Lipinski definition) is 4. The van der Waals surface area contributed by atoms with Crippen molar-refractivity contribution in [1.82, 2.24) is 0 Å². The van der Waals surface area contributed by atoms with Crippen LogP contribution in [0.15, 0.2) is 24.3 Å². The Morgan fingerprint density at radius 2 is 2.19 bits per heavy atom. The lowest BCUT2D eigenvalue weighted by Gasteiger charge is -2.03. The van der Waals surface area contributed by atoms with Gasteiger partial charge in [-0.05, 0) is 17.7 Å². The number of amides is 1. The van der Waals surface area contributed by atoms with Gasteiger partial charge in [-0.3, -0.25) is 4.79 Å². The maximum absolute atomic E-state index is 11.2. The zero-order valence-electron chi connectivity index (χ0n) is 8.93. The summed E-state index contributed by atoms with van der Waals surface area (Å²) >= 11 is 1.42. The quantitative estimate of drug-likeness (QED) is 0.784. The van der Waals surface area contributed by atoms with Crippen LogP contribution in [0.25, 0.3) is 0 Å². The minimum atomic E-state index is -0.359. The molecule has 0 fully saturated rings. The van der Waals surface area contributed by atoms with Gasteiger partial charge in [0, 0.05) is 5.75 Å². The molecule has 0 saturated heterocycles. The highest BCUT2D eigenvalue weighted by atomic mass is 32.2. The van der Waals surface area contributed by atoms with Crippen molar-refractivity contribution in [3.8, 4) is 0 Å². The molecule has 86 valence electrons. The van der Waals surface area contributed by atoms with Crippen molar-refractivity contribution < 1.29 is 14.3 Å². The first-order valence-corrected chi connectivity index (χ1v) is 5.82. The average molecular weight is 239 g/mol. The first-order valence-electron chi connectivity index (χ1n) is 4.67. The van der Waals surface area contributed by atoms with Gasteiger partial charge in [0.05, 0.1) is 18.4 Å². The van der Waals surface area contributed by atoms with Gasteiger partial charge in [0.1, 0.15) is 0 Å². The number of primary amides is 1. The third-order valence-corrected chi connectivity index (χ3v) is 2.89. The zero-order chi connectivity index (χ0) is 12.0. The fourth-order valence-corrected chi connectivity index (χ4v) is 1.89. The molecule has 0 aromatic heterocycles. The second-order valence-electron chi connectivity index (χ2n) is 3.15. The third-order valence-electron chi connectivity index (χ3n) is 1.86. The average Bonchev–Trinajstić information content (AvgIpc) is 2.28. The van der Waals surface area contributed by atoms with Crippen molar-refractivity contribution in [3.05, 3.63) is 35.4 Å². The number of methoxy groups -OCH3 is 1. The lowest BCUT2D eigenvalue weighted by molar-refractivity contribution is -0.115. The van der Waals surface area contributed by atoms with Crippen LogP contribution in [0.1, 0.15) is 15.9 Å². The molecule has 0 atom stereocenters. The van der Waals surface area contributed by atoms with Crippen LogP contribution in [0.4, 0.5) is 0 Å². The Bertz CT molecular complexity index is 393. The second-order valence-corrected chi connectivity index (χ2v) is 4.14. The van der Waals surface area contributed by atoms with Crippen molar-refractivity contribution in [1.29, 1.82) is 0 Å². The fraction of sp³-hybridized carbons (Fsp3) is 0.273. The standard InChI is InChI=1S/C11H13NO3S/c1-15-11(14)9-4-2-3-8(5-9)6-16-7-10(12)13/h2-5H,6-7H2,1H3,(H2,12,13). The number of carbonyl (C=O) groups is 2. The Labute approximate surface area is 98.2 Å². The molecule has 0 heterocycles. The molecule has 5 heteroatoms. The van der Waals surface area contributed by atoms with E-state index < -0.39 is 0 Å². The van der Waals surface area contributed by atoms with Gasteiger partial charge in [0.15, 0.2) is 0 Å². The van der Waals surface area contributed by atoms with Gasteiger partial charge >= 0.3 is 5.97 Å². The highest BCUT2D eigenvalue weighted by Crippen LogP contribution is 2.13. The summed E-state index contributed by atoms with van der Waals surface area (Å²) in [6.07, 6.45) is 0. The minimum Gasteiger partial charge on any atom is -0.465 e. The molecule has 1 amide bonds. The van der Waals surface area contributed by atoms with Crippen LogP contribution in [0.5, 0.6) is 0 Å². The molecule has 2 N–H and O–H groups in total. The van der Waals surface area contributed by atoms with Crippen LogP contribution in [-0.2, 0) is 15.3 Å². The molecule has 0 aliphatic carbocycles. The summed E-state index contributed by atoms with van der Waals surface area (Å²) in [7, 11) is 1.34. The SMILES string of the molecule is COC(=O)c1cccc(CSCC(N)=O)c1. The summed E-state index contributed by atoms with van der Waals surface area (Å²) < 4.78 is 4.61. The molecule has 0 unspecified atom stereocenters. The molecular weight excluding hydrogens is 226 g/mol. The van der Waals surface area contributed by atoms with E-state index >= 15 is 0 Å². The monoisotopic (exact) mass is 239 g/mol. The zero-order valence-corrected chi connectivity index (χ0v) is 9.75. The summed E-state index contributed by atoms with van der Waals surface area (Å²) in [5.74, 6) is 0.229. The summed E-state index contributed by atoms with van der Waals surface area (Å²) in [6.45, 7) is 0. The van der Waals surface area contributed by atoms with Crippen molar-refractivity contribution >= 4 is 23.6 Å². The fourth-order valence-electron chi connectivity index (χ4n) is 1.18. The Morgan fingerprint density at radius 1 is 1.44 bits per heavy atom. The second kappa shape index (κ2) is 6.17. The van der Waals surface area contributed by atoms with Gasteiger partial charge in [0.25, 0.3) is 0 Å². The van der Waals surface area contributed by atoms with E-state index in [1.54, 1.807) is 18.2 Å². The molecule has 1 rings (SSSR count). The number of hydrogen-bond donors (Lipinski definition) is 1. The van der Waals surface area contributed by atoms with Crippen LogP contribution in [0.2, 0.25) is 0 Å². The van der Waals surface area contributed by atoms with Crippen molar-refractivity contribution in [2.75, 3.05) is 12.9 Å². The topological polar surface area (TPSA) is 69.4 Å². The van der Waals surface area contributed by atoms with E-state index in [1.807, 2.05) is 6.07 Å². The predicted octanol–water partition coefficient (Wildman–Crippen LogP) is 1.19. The Hall–Kier alpha value is -1.49. The summed E-state index contributed by atoms with van der Waals surface area (Å²) in [5.41, 5.74) is 6.50. The van der Waals surface area contributed by atoms with Crippen molar-refractivity contribution in [2.45, 2.75) is 5.75 Å². The first-order chi connectivity index (χ1) is 7.63. The van der Waals surface area contributed by atoms with Crippen LogP contribution >= 0.6 is 11.8 Å². The predicted molar refractivity (Wildman–Crippen MR) is 63.1 cm³/mol. The molecule has 0 saturated carbocycles. The molecule has 0 bridgehead atoms. The number of benzene rings is 1. The molecule has 16 heavy (non-hydrogen) atoms. The highest BCUT2D eigenvalue weighted by Gasteiger charge is 2.05. The van der Waals surface area contributed by atoms with E-state index in [0.717, 1.165) is 5.56 Å².